The quantitative estimate of drug-likeness (QED) is 0.887. The van der Waals surface area contributed by atoms with Crippen LogP contribution in [0.4, 0.5) is 14.5 Å². The van der Waals surface area contributed by atoms with Gasteiger partial charge in [-0.25, -0.2) is 8.78 Å². The summed E-state index contributed by atoms with van der Waals surface area (Å²) in [7, 11) is 0. The number of nitrogens with one attached hydrogen (secondary N) is 1. The highest BCUT2D eigenvalue weighted by Gasteiger charge is 2.12. The van der Waals surface area contributed by atoms with Gasteiger partial charge < -0.3 is 15.8 Å². The van der Waals surface area contributed by atoms with Crippen molar-refractivity contribution >= 4 is 17.5 Å². The minimum absolute atomic E-state index is 0.0320. The van der Waals surface area contributed by atoms with Crippen molar-refractivity contribution in [3.63, 3.8) is 0 Å². The van der Waals surface area contributed by atoms with Crippen LogP contribution in [-0.2, 0) is 4.79 Å². The fourth-order valence-electron chi connectivity index (χ4n) is 1.92. The average Bonchev–Trinajstić information content (AvgIpc) is 2.43. The predicted octanol–water partition coefficient (Wildman–Crippen LogP) is 2.39. The van der Waals surface area contributed by atoms with Gasteiger partial charge in [0.05, 0.1) is 5.56 Å². The van der Waals surface area contributed by atoms with Gasteiger partial charge in [0.15, 0.2) is 6.61 Å². The largest absolute Gasteiger partial charge is 0.483 e. The van der Waals surface area contributed by atoms with Gasteiger partial charge in [-0.2, -0.15) is 0 Å². The third-order valence-corrected chi connectivity index (χ3v) is 2.91. The monoisotopic (exact) mass is 320 g/mol. The number of carbonyl (C=O) groups excluding carboxylic acids is 2. The molecule has 2 aromatic rings. The number of anilines is 1. The van der Waals surface area contributed by atoms with Gasteiger partial charge in [-0.15, -0.1) is 0 Å². The lowest BCUT2D eigenvalue weighted by Gasteiger charge is -2.11. The summed E-state index contributed by atoms with van der Waals surface area (Å²) in [5.74, 6) is -2.77. The van der Waals surface area contributed by atoms with Crippen molar-refractivity contribution in [1.29, 1.82) is 0 Å². The fraction of sp³-hybridized carbons (Fsp3) is 0.125. The number of halogens is 2. The number of amides is 2. The van der Waals surface area contributed by atoms with Gasteiger partial charge in [-0.05, 0) is 36.8 Å². The molecule has 3 N–H and O–H groups in total. The topological polar surface area (TPSA) is 81.4 Å². The Morgan fingerprint density at radius 1 is 1.13 bits per heavy atom. The third-order valence-electron chi connectivity index (χ3n) is 2.91. The van der Waals surface area contributed by atoms with Crippen LogP contribution in [0.1, 0.15) is 15.9 Å². The van der Waals surface area contributed by atoms with Crippen LogP contribution in [0.2, 0.25) is 0 Å². The van der Waals surface area contributed by atoms with Gasteiger partial charge in [0.2, 0.25) is 0 Å². The molecular weight excluding hydrogens is 306 g/mol. The van der Waals surface area contributed by atoms with Crippen molar-refractivity contribution in [3.8, 4) is 5.75 Å². The first-order valence-corrected chi connectivity index (χ1v) is 6.64. The molecule has 0 bridgehead atoms. The van der Waals surface area contributed by atoms with Crippen LogP contribution in [-0.4, -0.2) is 18.4 Å². The van der Waals surface area contributed by atoms with Crippen molar-refractivity contribution < 1.29 is 23.1 Å². The Labute approximate surface area is 131 Å². The summed E-state index contributed by atoms with van der Waals surface area (Å²) < 4.78 is 31.4. The molecule has 0 fully saturated rings. The Balaban J connectivity index is 2.04. The third kappa shape index (κ3) is 4.50. The van der Waals surface area contributed by atoms with E-state index >= 15 is 0 Å². The number of hydrogen-bond donors (Lipinski definition) is 2. The molecule has 0 saturated carbocycles. The molecular formula is C16H14F2N2O3. The molecule has 5 nitrogen and oxygen atoms in total. The molecule has 2 rings (SSSR count). The molecule has 0 heterocycles. The van der Waals surface area contributed by atoms with E-state index in [0.29, 0.717) is 6.07 Å². The lowest BCUT2D eigenvalue weighted by atomic mass is 10.1. The number of rotatable bonds is 5. The normalized spacial score (nSPS) is 10.2. The standard InChI is InChI=1S/C16H14F2N2O3/c1-9-2-3-13(16(19)22)14(4-9)23-8-15(21)20-12-6-10(17)5-11(18)7-12/h2-7H,8H2,1H3,(H2,19,22)(H,20,21). The highest BCUT2D eigenvalue weighted by molar-refractivity contribution is 5.96. The molecule has 0 saturated heterocycles. The number of benzene rings is 2. The van der Waals surface area contributed by atoms with Crippen LogP contribution in [0.15, 0.2) is 36.4 Å². The Kier molecular flexibility index (Phi) is 4.90. The lowest BCUT2D eigenvalue weighted by Crippen LogP contribution is -2.22. The molecule has 2 amide bonds. The van der Waals surface area contributed by atoms with Gasteiger partial charge >= 0.3 is 0 Å². The number of nitrogens with two attached hydrogens (primary N) is 1. The number of aryl methyl sites for hydroxylation is 1. The van der Waals surface area contributed by atoms with Gasteiger partial charge in [-0.1, -0.05) is 6.07 Å². The molecule has 0 aliphatic carbocycles. The lowest BCUT2D eigenvalue weighted by molar-refractivity contribution is -0.118. The highest BCUT2D eigenvalue weighted by Crippen LogP contribution is 2.20. The second-order valence-electron chi connectivity index (χ2n) is 4.86. The van der Waals surface area contributed by atoms with Crippen molar-refractivity contribution in [2.45, 2.75) is 6.92 Å². The molecule has 0 radical (unpaired) electrons. The Bertz CT molecular complexity index is 743. The van der Waals surface area contributed by atoms with E-state index in [1.54, 1.807) is 19.1 Å². The van der Waals surface area contributed by atoms with Crippen LogP contribution in [0.25, 0.3) is 0 Å². The summed E-state index contributed by atoms with van der Waals surface area (Å²) in [4.78, 5) is 23.1. The fourth-order valence-corrected chi connectivity index (χ4v) is 1.92. The number of carbonyl (C=O) groups is 2. The Morgan fingerprint density at radius 3 is 2.39 bits per heavy atom. The summed E-state index contributed by atoms with van der Waals surface area (Å²) >= 11 is 0. The van der Waals surface area contributed by atoms with Crippen LogP contribution in [0.3, 0.4) is 0 Å². The molecule has 120 valence electrons. The van der Waals surface area contributed by atoms with Gasteiger partial charge in [0.25, 0.3) is 11.8 Å². The molecule has 7 heteroatoms. The summed E-state index contributed by atoms with van der Waals surface area (Å²) in [5.41, 5.74) is 6.15. The summed E-state index contributed by atoms with van der Waals surface area (Å²) in [5, 5.41) is 2.30. The summed E-state index contributed by atoms with van der Waals surface area (Å²) in [6.07, 6.45) is 0. The van der Waals surface area contributed by atoms with E-state index in [4.69, 9.17) is 10.5 Å². The summed E-state index contributed by atoms with van der Waals surface area (Å²) in [6.45, 7) is 1.34. The van der Waals surface area contributed by atoms with Crippen molar-refractivity contribution in [2.24, 2.45) is 5.73 Å². The van der Waals surface area contributed by atoms with E-state index in [-0.39, 0.29) is 17.0 Å². The molecule has 2 aromatic carbocycles. The van der Waals surface area contributed by atoms with Crippen molar-refractivity contribution in [2.75, 3.05) is 11.9 Å². The minimum Gasteiger partial charge on any atom is -0.483 e. The zero-order chi connectivity index (χ0) is 17.0. The maximum absolute atomic E-state index is 13.0. The van der Waals surface area contributed by atoms with E-state index in [0.717, 1.165) is 17.7 Å². The van der Waals surface area contributed by atoms with Crippen LogP contribution >= 0.6 is 0 Å². The van der Waals surface area contributed by atoms with E-state index in [1.807, 2.05) is 0 Å². The van der Waals surface area contributed by atoms with Crippen LogP contribution in [0, 0.1) is 18.6 Å². The Morgan fingerprint density at radius 2 is 1.78 bits per heavy atom. The van der Waals surface area contributed by atoms with E-state index in [1.165, 1.54) is 6.07 Å². The average molecular weight is 320 g/mol. The van der Waals surface area contributed by atoms with E-state index < -0.39 is 30.1 Å². The molecule has 0 spiro atoms. The molecule has 0 aliphatic heterocycles. The van der Waals surface area contributed by atoms with Gasteiger partial charge in [-0.3, -0.25) is 9.59 Å². The van der Waals surface area contributed by atoms with Crippen molar-refractivity contribution in [1.82, 2.24) is 0 Å². The second kappa shape index (κ2) is 6.87. The van der Waals surface area contributed by atoms with Gasteiger partial charge in [0.1, 0.15) is 17.4 Å². The first-order valence-electron chi connectivity index (χ1n) is 6.64. The maximum atomic E-state index is 13.0. The molecule has 0 unspecified atom stereocenters. The van der Waals surface area contributed by atoms with E-state index in [2.05, 4.69) is 5.32 Å². The van der Waals surface area contributed by atoms with Gasteiger partial charge in [0, 0.05) is 11.8 Å². The highest BCUT2D eigenvalue weighted by atomic mass is 19.1. The number of ether oxygens (including phenoxy) is 1. The smallest absolute Gasteiger partial charge is 0.262 e. The minimum atomic E-state index is -0.809. The van der Waals surface area contributed by atoms with Crippen molar-refractivity contribution in [3.05, 3.63) is 59.2 Å². The van der Waals surface area contributed by atoms with Crippen LogP contribution < -0.4 is 15.8 Å². The zero-order valence-corrected chi connectivity index (χ0v) is 12.2. The molecule has 0 aromatic heterocycles. The summed E-state index contributed by atoms with van der Waals surface area (Å²) in [6, 6.07) is 7.38. The molecule has 0 aliphatic rings. The SMILES string of the molecule is Cc1ccc(C(N)=O)c(OCC(=O)Nc2cc(F)cc(F)c2)c1. The second-order valence-corrected chi connectivity index (χ2v) is 4.86. The Hall–Kier alpha value is -2.96. The maximum Gasteiger partial charge on any atom is 0.262 e. The molecule has 0 atom stereocenters. The van der Waals surface area contributed by atoms with Crippen LogP contribution in [0.5, 0.6) is 5.75 Å². The first-order chi connectivity index (χ1) is 10.8. The van der Waals surface area contributed by atoms with E-state index in [9.17, 15) is 18.4 Å². The number of primary amides is 1. The molecule has 23 heavy (non-hydrogen) atoms. The number of hydrogen-bond acceptors (Lipinski definition) is 3. The first kappa shape index (κ1) is 16.4. The predicted molar refractivity (Wildman–Crippen MR) is 80.2 cm³/mol. The zero-order valence-electron chi connectivity index (χ0n) is 12.2.